The van der Waals surface area contributed by atoms with Crippen molar-refractivity contribution in [1.29, 1.82) is 0 Å². The van der Waals surface area contributed by atoms with Gasteiger partial charge in [0.2, 0.25) is 17.6 Å². The van der Waals surface area contributed by atoms with Crippen LogP contribution >= 0.6 is 0 Å². The lowest BCUT2D eigenvalue weighted by Gasteiger charge is -2.33. The van der Waals surface area contributed by atoms with E-state index in [0.717, 1.165) is 49.5 Å². The molecule has 0 saturated carbocycles. The zero-order chi connectivity index (χ0) is 26.5. The molecule has 10 nitrogen and oxygen atoms in total. The average Bonchev–Trinajstić information content (AvgIpc) is 3.43. The van der Waals surface area contributed by atoms with Crippen molar-refractivity contribution in [3.05, 3.63) is 53.7 Å². The second-order valence-electron chi connectivity index (χ2n) is 9.32. The van der Waals surface area contributed by atoms with E-state index in [0.29, 0.717) is 42.0 Å². The van der Waals surface area contributed by atoms with Crippen molar-refractivity contribution in [2.24, 2.45) is 5.92 Å². The molecule has 200 valence electrons. The van der Waals surface area contributed by atoms with Gasteiger partial charge in [-0.2, -0.15) is 4.98 Å². The number of piperidine rings is 1. The van der Waals surface area contributed by atoms with Gasteiger partial charge in [-0.05, 0) is 36.1 Å². The topological polar surface area (TPSA) is 107 Å². The Kier molecular flexibility index (Phi) is 7.67. The Morgan fingerprint density at radius 1 is 1.11 bits per heavy atom. The minimum Gasteiger partial charge on any atom is -0.493 e. The fourth-order valence-electron chi connectivity index (χ4n) is 4.95. The van der Waals surface area contributed by atoms with Crippen LogP contribution in [0.25, 0.3) is 0 Å². The van der Waals surface area contributed by atoms with Crippen molar-refractivity contribution in [2.45, 2.75) is 25.8 Å². The monoisotopic (exact) mass is 519 g/mol. The van der Waals surface area contributed by atoms with Crippen molar-refractivity contribution in [2.75, 3.05) is 51.2 Å². The van der Waals surface area contributed by atoms with E-state index < -0.39 is 0 Å². The lowest BCUT2D eigenvalue weighted by molar-refractivity contribution is -0.125. The van der Waals surface area contributed by atoms with Crippen LogP contribution in [-0.2, 0) is 17.8 Å². The molecular formula is C28H33N5O5. The van der Waals surface area contributed by atoms with Gasteiger partial charge in [0.15, 0.2) is 11.5 Å². The quantitative estimate of drug-likeness (QED) is 0.437. The maximum absolute atomic E-state index is 13.0. The summed E-state index contributed by atoms with van der Waals surface area (Å²) >= 11 is 0. The number of benzene rings is 2. The number of rotatable bonds is 9. The standard InChI is InChI=1S/C28H33N5O5/c1-35-23-14-21(15-24(36-2)26(23)37-3)31-28-29-10-8-25(32-28)33-11-4-5-20(17-33)27(34)30-16-18-6-7-22-19(13-18)9-12-38-22/h6-8,10,13-15,20H,4-5,9,11-12,16-17H2,1-3H3,(H,30,34)(H,29,31,32)/t20-/m0/s1. The molecule has 0 bridgehead atoms. The highest BCUT2D eigenvalue weighted by atomic mass is 16.5. The smallest absolute Gasteiger partial charge is 0.229 e. The molecule has 1 saturated heterocycles. The van der Waals surface area contributed by atoms with E-state index in [2.05, 4.69) is 26.6 Å². The Hall–Kier alpha value is -4.21. The number of nitrogens with one attached hydrogen (secondary N) is 2. The normalized spacial score (nSPS) is 16.3. The lowest BCUT2D eigenvalue weighted by atomic mass is 9.97. The summed E-state index contributed by atoms with van der Waals surface area (Å²) in [7, 11) is 4.71. The third kappa shape index (κ3) is 5.53. The molecule has 0 unspecified atom stereocenters. The average molecular weight is 520 g/mol. The fourth-order valence-corrected chi connectivity index (χ4v) is 4.95. The van der Waals surface area contributed by atoms with Crippen molar-refractivity contribution >= 4 is 23.4 Å². The highest BCUT2D eigenvalue weighted by molar-refractivity contribution is 5.79. The number of amides is 1. The highest BCUT2D eigenvalue weighted by Crippen LogP contribution is 2.40. The van der Waals surface area contributed by atoms with Crippen molar-refractivity contribution in [1.82, 2.24) is 15.3 Å². The second-order valence-corrected chi connectivity index (χ2v) is 9.32. The number of hydrogen-bond acceptors (Lipinski definition) is 9. The van der Waals surface area contributed by atoms with Gasteiger partial charge in [0.25, 0.3) is 0 Å². The molecule has 1 aromatic heterocycles. The van der Waals surface area contributed by atoms with Crippen LogP contribution in [0, 0.1) is 5.92 Å². The third-order valence-corrected chi connectivity index (χ3v) is 6.90. The van der Waals surface area contributed by atoms with E-state index in [9.17, 15) is 4.79 Å². The summed E-state index contributed by atoms with van der Waals surface area (Å²) in [5.41, 5.74) is 3.00. The molecule has 1 atom stereocenters. The number of carbonyl (C=O) groups is 1. The SMILES string of the molecule is COc1cc(Nc2nccc(N3CCC[C@H](C(=O)NCc4ccc5c(c4)CCO5)C3)n2)cc(OC)c1OC. The van der Waals surface area contributed by atoms with Crippen LogP contribution < -0.4 is 34.5 Å². The molecule has 10 heteroatoms. The lowest BCUT2D eigenvalue weighted by Crippen LogP contribution is -2.43. The summed E-state index contributed by atoms with van der Waals surface area (Å²) in [4.78, 5) is 24.3. The van der Waals surface area contributed by atoms with Gasteiger partial charge in [-0.15, -0.1) is 0 Å². The van der Waals surface area contributed by atoms with Gasteiger partial charge in [0, 0.05) is 50.1 Å². The Labute approximate surface area is 222 Å². The molecule has 1 fully saturated rings. The number of nitrogens with zero attached hydrogens (tertiary/aromatic N) is 3. The van der Waals surface area contributed by atoms with E-state index in [4.69, 9.17) is 23.9 Å². The van der Waals surface area contributed by atoms with Gasteiger partial charge in [-0.3, -0.25) is 4.79 Å². The van der Waals surface area contributed by atoms with Gasteiger partial charge in [-0.25, -0.2) is 4.98 Å². The zero-order valence-corrected chi connectivity index (χ0v) is 22.0. The van der Waals surface area contributed by atoms with Gasteiger partial charge in [0.1, 0.15) is 11.6 Å². The van der Waals surface area contributed by atoms with E-state index >= 15 is 0 Å². The van der Waals surface area contributed by atoms with E-state index in [1.807, 2.05) is 18.2 Å². The first kappa shape index (κ1) is 25.4. The largest absolute Gasteiger partial charge is 0.493 e. The van der Waals surface area contributed by atoms with Crippen molar-refractivity contribution in [3.8, 4) is 23.0 Å². The predicted octanol–water partition coefficient (Wildman–Crippen LogP) is 3.71. The number of hydrogen-bond donors (Lipinski definition) is 2. The molecule has 2 aliphatic rings. The number of ether oxygens (including phenoxy) is 4. The van der Waals surface area contributed by atoms with Crippen LogP contribution in [0.3, 0.4) is 0 Å². The molecule has 3 heterocycles. The van der Waals surface area contributed by atoms with Crippen molar-refractivity contribution in [3.63, 3.8) is 0 Å². The molecule has 2 N–H and O–H groups in total. The number of carbonyl (C=O) groups excluding carboxylic acids is 1. The summed E-state index contributed by atoms with van der Waals surface area (Å²) < 4.78 is 21.9. The fraction of sp³-hybridized carbons (Fsp3) is 0.393. The van der Waals surface area contributed by atoms with E-state index in [-0.39, 0.29) is 11.8 Å². The first-order valence-corrected chi connectivity index (χ1v) is 12.7. The molecule has 2 aromatic carbocycles. The van der Waals surface area contributed by atoms with Gasteiger partial charge in [-0.1, -0.05) is 12.1 Å². The van der Waals surface area contributed by atoms with Gasteiger partial charge in [0.05, 0.1) is 33.9 Å². The Morgan fingerprint density at radius 2 is 1.92 bits per heavy atom. The van der Waals surface area contributed by atoms with Gasteiger partial charge < -0.3 is 34.5 Å². The molecule has 1 amide bonds. The zero-order valence-electron chi connectivity index (χ0n) is 22.0. The minimum absolute atomic E-state index is 0.0660. The molecular weight excluding hydrogens is 486 g/mol. The molecule has 2 aliphatic heterocycles. The summed E-state index contributed by atoms with van der Waals surface area (Å²) in [5, 5.41) is 6.34. The van der Waals surface area contributed by atoms with Crippen LogP contribution in [-0.4, -0.2) is 56.9 Å². The van der Waals surface area contributed by atoms with Crippen LogP contribution in [0.1, 0.15) is 24.0 Å². The third-order valence-electron chi connectivity index (χ3n) is 6.90. The molecule has 0 aliphatic carbocycles. The van der Waals surface area contributed by atoms with E-state index in [1.54, 1.807) is 39.7 Å². The Balaban J connectivity index is 1.23. The summed E-state index contributed by atoms with van der Waals surface area (Å²) in [6.45, 7) is 2.67. The molecule has 3 aromatic rings. The molecule has 0 spiro atoms. The maximum Gasteiger partial charge on any atom is 0.229 e. The molecule has 0 radical (unpaired) electrons. The number of fused-ring (bicyclic) bond motifs is 1. The minimum atomic E-state index is -0.108. The number of methoxy groups -OCH3 is 3. The van der Waals surface area contributed by atoms with Crippen LogP contribution in [0.4, 0.5) is 17.5 Å². The Morgan fingerprint density at radius 3 is 2.68 bits per heavy atom. The van der Waals surface area contributed by atoms with Crippen LogP contribution in [0.5, 0.6) is 23.0 Å². The number of aromatic nitrogens is 2. The summed E-state index contributed by atoms with van der Waals surface area (Å²) in [5.74, 6) is 3.69. The highest BCUT2D eigenvalue weighted by Gasteiger charge is 2.27. The summed E-state index contributed by atoms with van der Waals surface area (Å²) in [6.07, 6.45) is 4.39. The number of anilines is 3. The summed E-state index contributed by atoms with van der Waals surface area (Å²) in [6, 6.07) is 11.6. The van der Waals surface area contributed by atoms with Gasteiger partial charge >= 0.3 is 0 Å². The van der Waals surface area contributed by atoms with Crippen LogP contribution in [0.2, 0.25) is 0 Å². The van der Waals surface area contributed by atoms with Crippen LogP contribution in [0.15, 0.2) is 42.6 Å². The predicted molar refractivity (Wildman–Crippen MR) is 144 cm³/mol. The molecule has 5 rings (SSSR count). The second kappa shape index (κ2) is 11.5. The van der Waals surface area contributed by atoms with E-state index in [1.165, 1.54) is 5.56 Å². The maximum atomic E-state index is 13.0. The first-order valence-electron chi connectivity index (χ1n) is 12.7. The van der Waals surface area contributed by atoms with Crippen molar-refractivity contribution < 1.29 is 23.7 Å². The molecule has 38 heavy (non-hydrogen) atoms. The first-order chi connectivity index (χ1) is 18.6. The Bertz CT molecular complexity index is 1280.